The van der Waals surface area contributed by atoms with Gasteiger partial charge in [-0.15, -0.1) is 0 Å². The zero-order valence-electron chi connectivity index (χ0n) is 18.6. The van der Waals surface area contributed by atoms with Crippen molar-refractivity contribution >= 4 is 0 Å². The molecule has 158 valence electrons. The van der Waals surface area contributed by atoms with Crippen LogP contribution in [0.15, 0.2) is 0 Å². The molecule has 0 amide bonds. The van der Waals surface area contributed by atoms with E-state index in [1.807, 2.05) is 0 Å². The van der Waals surface area contributed by atoms with Gasteiger partial charge in [-0.25, -0.2) is 0 Å². The topological polar surface area (TPSA) is 36.9 Å². The van der Waals surface area contributed by atoms with Crippen molar-refractivity contribution in [2.24, 2.45) is 10.8 Å². The second-order valence-electron chi connectivity index (χ2n) is 11.5. The van der Waals surface area contributed by atoms with Gasteiger partial charge >= 0.3 is 0 Å². The van der Waals surface area contributed by atoms with Gasteiger partial charge in [0.15, 0.2) is 0 Å². The van der Waals surface area contributed by atoms with Crippen molar-refractivity contribution in [3.05, 3.63) is 0 Å². The SMILES string of the molecule is CC(C)(C)OCCCCOCC12CC(COC3CC(OC(C)(C)C)C3)(C1)C2. The van der Waals surface area contributed by atoms with Crippen LogP contribution in [0, 0.1) is 10.8 Å². The maximum Gasteiger partial charge on any atom is 0.0631 e. The minimum Gasteiger partial charge on any atom is -0.381 e. The van der Waals surface area contributed by atoms with Crippen LogP contribution in [0.2, 0.25) is 0 Å². The summed E-state index contributed by atoms with van der Waals surface area (Å²) in [5.41, 5.74) is 0.918. The zero-order valence-corrected chi connectivity index (χ0v) is 18.6. The number of hydrogen-bond donors (Lipinski definition) is 0. The molecule has 0 aliphatic heterocycles. The fourth-order valence-corrected chi connectivity index (χ4v) is 5.05. The minimum atomic E-state index is -0.0323. The summed E-state index contributed by atoms with van der Waals surface area (Å²) in [5.74, 6) is 0. The standard InChI is InChI=1S/C23H42O4/c1-20(2,3)26-10-8-7-9-24-16-22-13-23(14-22,15-22)17-25-18-11-19(12-18)27-21(4,5)6/h18-19H,7-17H2,1-6H3. The van der Waals surface area contributed by atoms with Crippen LogP contribution < -0.4 is 0 Å². The summed E-state index contributed by atoms with van der Waals surface area (Å²) in [6.07, 6.45) is 9.07. The lowest BCUT2D eigenvalue weighted by atomic mass is 9.35. The van der Waals surface area contributed by atoms with Gasteiger partial charge in [-0.1, -0.05) is 0 Å². The van der Waals surface area contributed by atoms with Crippen molar-refractivity contribution in [3.63, 3.8) is 0 Å². The second-order valence-corrected chi connectivity index (χ2v) is 11.5. The van der Waals surface area contributed by atoms with Gasteiger partial charge in [0.2, 0.25) is 0 Å². The lowest BCUT2D eigenvalue weighted by molar-refractivity contribution is -0.266. The largest absolute Gasteiger partial charge is 0.381 e. The Hall–Kier alpha value is -0.160. The predicted molar refractivity (Wildman–Crippen MR) is 108 cm³/mol. The molecule has 4 saturated carbocycles. The first-order valence-corrected chi connectivity index (χ1v) is 11.0. The van der Waals surface area contributed by atoms with Crippen LogP contribution >= 0.6 is 0 Å². The van der Waals surface area contributed by atoms with Gasteiger partial charge in [0.05, 0.1) is 36.6 Å². The van der Waals surface area contributed by atoms with Crippen LogP contribution in [0.25, 0.3) is 0 Å². The van der Waals surface area contributed by atoms with Crippen LogP contribution in [-0.2, 0) is 18.9 Å². The fourth-order valence-electron chi connectivity index (χ4n) is 5.05. The van der Waals surface area contributed by atoms with Gasteiger partial charge in [0.25, 0.3) is 0 Å². The highest BCUT2D eigenvalue weighted by molar-refractivity contribution is 5.17. The van der Waals surface area contributed by atoms with E-state index in [1.165, 1.54) is 19.3 Å². The van der Waals surface area contributed by atoms with Crippen molar-refractivity contribution in [3.8, 4) is 0 Å². The number of rotatable bonds is 11. The molecule has 0 aromatic heterocycles. The zero-order chi connectivity index (χ0) is 19.8. The van der Waals surface area contributed by atoms with Gasteiger partial charge in [-0.05, 0) is 97.3 Å². The number of ether oxygens (including phenoxy) is 4. The Morgan fingerprint density at radius 1 is 0.741 bits per heavy atom. The average molecular weight is 383 g/mol. The summed E-state index contributed by atoms with van der Waals surface area (Å²) in [7, 11) is 0. The predicted octanol–water partition coefficient (Wildman–Crippen LogP) is 5.13. The highest BCUT2D eigenvalue weighted by Crippen LogP contribution is 2.73. The molecule has 4 heteroatoms. The molecule has 0 N–H and O–H groups in total. The smallest absolute Gasteiger partial charge is 0.0631 e. The summed E-state index contributed by atoms with van der Waals surface area (Å²) in [5, 5.41) is 0. The first-order chi connectivity index (χ1) is 12.5. The van der Waals surface area contributed by atoms with Crippen molar-refractivity contribution < 1.29 is 18.9 Å². The molecular formula is C23H42O4. The first-order valence-electron chi connectivity index (χ1n) is 11.0. The molecule has 0 heterocycles. The lowest BCUT2D eigenvalue weighted by Gasteiger charge is -2.70. The average Bonchev–Trinajstić information content (AvgIpc) is 2.40. The molecule has 4 aliphatic carbocycles. The Kier molecular flexibility index (Phi) is 6.33. The molecule has 4 rings (SSSR count). The summed E-state index contributed by atoms with van der Waals surface area (Å²) in [4.78, 5) is 0. The van der Waals surface area contributed by atoms with E-state index in [0.29, 0.717) is 23.0 Å². The van der Waals surface area contributed by atoms with Gasteiger partial charge in [-0.3, -0.25) is 0 Å². The summed E-state index contributed by atoms with van der Waals surface area (Å²) in [6, 6.07) is 0. The van der Waals surface area contributed by atoms with E-state index < -0.39 is 0 Å². The van der Waals surface area contributed by atoms with E-state index in [1.54, 1.807) is 0 Å². The van der Waals surface area contributed by atoms with E-state index in [0.717, 1.165) is 52.1 Å². The normalized spacial score (nSPS) is 35.3. The Bertz CT molecular complexity index is 462. The van der Waals surface area contributed by atoms with Crippen molar-refractivity contribution in [2.75, 3.05) is 26.4 Å². The Morgan fingerprint density at radius 2 is 1.33 bits per heavy atom. The first kappa shape index (κ1) is 21.5. The van der Waals surface area contributed by atoms with Crippen molar-refractivity contribution in [2.45, 2.75) is 110 Å². The second kappa shape index (κ2) is 7.93. The summed E-state index contributed by atoms with van der Waals surface area (Å²) >= 11 is 0. The molecule has 0 aromatic rings. The van der Waals surface area contributed by atoms with Gasteiger partial charge < -0.3 is 18.9 Å². The van der Waals surface area contributed by atoms with Crippen molar-refractivity contribution in [1.29, 1.82) is 0 Å². The van der Waals surface area contributed by atoms with E-state index in [2.05, 4.69) is 41.5 Å². The highest BCUT2D eigenvalue weighted by Gasteiger charge is 2.67. The molecule has 0 aromatic carbocycles. The van der Waals surface area contributed by atoms with Gasteiger partial charge in [0.1, 0.15) is 0 Å². The minimum absolute atomic E-state index is 0.0247. The Labute approximate surface area is 166 Å². The van der Waals surface area contributed by atoms with E-state index in [-0.39, 0.29) is 11.2 Å². The van der Waals surface area contributed by atoms with Crippen LogP contribution in [0.4, 0.5) is 0 Å². The maximum absolute atomic E-state index is 6.18. The Balaban J connectivity index is 1.17. The molecule has 0 radical (unpaired) electrons. The third-order valence-electron chi connectivity index (χ3n) is 6.07. The van der Waals surface area contributed by atoms with Crippen LogP contribution in [0.3, 0.4) is 0 Å². The molecule has 0 spiro atoms. The molecule has 0 atom stereocenters. The number of hydrogen-bond acceptors (Lipinski definition) is 4. The van der Waals surface area contributed by atoms with Crippen LogP contribution in [0.5, 0.6) is 0 Å². The molecule has 0 unspecified atom stereocenters. The quantitative estimate of drug-likeness (QED) is 0.464. The molecule has 4 nitrogen and oxygen atoms in total. The highest BCUT2D eigenvalue weighted by atomic mass is 16.5. The van der Waals surface area contributed by atoms with Gasteiger partial charge in [0, 0.05) is 13.2 Å². The molecular weight excluding hydrogens is 340 g/mol. The number of unbranched alkanes of at least 4 members (excludes halogenated alkanes) is 1. The van der Waals surface area contributed by atoms with Crippen molar-refractivity contribution in [1.82, 2.24) is 0 Å². The third-order valence-corrected chi connectivity index (χ3v) is 6.07. The molecule has 0 saturated heterocycles. The lowest BCUT2D eigenvalue weighted by Crippen LogP contribution is -2.66. The van der Waals surface area contributed by atoms with Crippen LogP contribution in [-0.4, -0.2) is 49.8 Å². The summed E-state index contributed by atoms with van der Waals surface area (Å²) < 4.78 is 23.9. The molecule has 4 fully saturated rings. The molecule has 4 aliphatic rings. The van der Waals surface area contributed by atoms with Crippen LogP contribution in [0.1, 0.15) is 86.5 Å². The van der Waals surface area contributed by atoms with E-state index in [4.69, 9.17) is 18.9 Å². The fraction of sp³-hybridized carbons (Fsp3) is 1.00. The molecule has 2 bridgehead atoms. The third kappa shape index (κ3) is 6.16. The maximum atomic E-state index is 6.18. The van der Waals surface area contributed by atoms with E-state index >= 15 is 0 Å². The monoisotopic (exact) mass is 382 g/mol. The Morgan fingerprint density at radius 3 is 1.93 bits per heavy atom. The van der Waals surface area contributed by atoms with E-state index in [9.17, 15) is 0 Å². The summed E-state index contributed by atoms with van der Waals surface area (Å²) in [6.45, 7) is 16.3. The van der Waals surface area contributed by atoms with Gasteiger partial charge in [-0.2, -0.15) is 0 Å². The molecule has 27 heavy (non-hydrogen) atoms.